The minimum atomic E-state index is 0.331. The van der Waals surface area contributed by atoms with Crippen molar-refractivity contribution in [2.24, 2.45) is 5.92 Å². The maximum absolute atomic E-state index is 12.1. The first kappa shape index (κ1) is 14.8. The van der Waals surface area contributed by atoms with E-state index in [9.17, 15) is 4.79 Å². The van der Waals surface area contributed by atoms with Crippen LogP contribution in [-0.2, 0) is 9.53 Å². The molecule has 0 aromatic rings. The zero-order valence-corrected chi connectivity index (χ0v) is 12.2. The summed E-state index contributed by atoms with van der Waals surface area (Å²) in [6, 6.07) is 0. The van der Waals surface area contributed by atoms with Crippen LogP contribution in [0.2, 0.25) is 0 Å². The van der Waals surface area contributed by atoms with Gasteiger partial charge in [-0.15, -0.1) is 0 Å². The summed E-state index contributed by atoms with van der Waals surface area (Å²) in [7, 11) is 0. The van der Waals surface area contributed by atoms with E-state index in [1.54, 1.807) is 0 Å². The number of hydrogen-bond donors (Lipinski definition) is 1. The Bertz CT molecular complexity index is 269. The molecular formula is C15H28N2O2. The molecule has 0 saturated carbocycles. The van der Waals surface area contributed by atoms with Crippen molar-refractivity contribution in [3.8, 4) is 0 Å². The van der Waals surface area contributed by atoms with Crippen LogP contribution in [0.15, 0.2) is 0 Å². The third-order valence-corrected chi connectivity index (χ3v) is 4.35. The Hall–Kier alpha value is -0.610. The molecule has 2 aliphatic rings. The van der Waals surface area contributed by atoms with Crippen molar-refractivity contribution in [2.75, 3.05) is 32.8 Å². The summed E-state index contributed by atoms with van der Waals surface area (Å²) < 4.78 is 5.57. The zero-order valence-electron chi connectivity index (χ0n) is 12.2. The molecular weight excluding hydrogens is 240 g/mol. The molecule has 0 bridgehead atoms. The average Bonchev–Trinajstić information content (AvgIpc) is 2.96. The lowest BCUT2D eigenvalue weighted by molar-refractivity contribution is -0.133. The molecule has 0 aromatic heterocycles. The Morgan fingerprint density at radius 1 is 1.32 bits per heavy atom. The number of nitrogens with one attached hydrogen (secondary N) is 1. The number of carbonyl (C=O) groups is 1. The van der Waals surface area contributed by atoms with Crippen LogP contribution in [-0.4, -0.2) is 49.7 Å². The summed E-state index contributed by atoms with van der Waals surface area (Å²) in [4.78, 5) is 14.2. The van der Waals surface area contributed by atoms with Gasteiger partial charge in [-0.25, -0.2) is 0 Å². The van der Waals surface area contributed by atoms with Gasteiger partial charge in [0.25, 0.3) is 0 Å². The van der Waals surface area contributed by atoms with E-state index in [1.165, 1.54) is 0 Å². The summed E-state index contributed by atoms with van der Waals surface area (Å²) in [6.07, 6.45) is 6.53. The van der Waals surface area contributed by atoms with Crippen molar-refractivity contribution in [3.63, 3.8) is 0 Å². The first-order valence-corrected chi connectivity index (χ1v) is 7.89. The standard InChI is InChI=1S/C15H28N2O2/c1-2-16-12-13-7-9-17(10-8-13)15(18)6-5-14-4-3-11-19-14/h13-14,16H,2-12H2,1H3. The van der Waals surface area contributed by atoms with Crippen LogP contribution in [0.1, 0.15) is 45.4 Å². The number of rotatable bonds is 6. The predicted molar refractivity (Wildman–Crippen MR) is 76.1 cm³/mol. The van der Waals surface area contributed by atoms with Crippen LogP contribution >= 0.6 is 0 Å². The first-order chi connectivity index (χ1) is 9.29. The Morgan fingerprint density at radius 3 is 2.74 bits per heavy atom. The quantitative estimate of drug-likeness (QED) is 0.798. The van der Waals surface area contributed by atoms with Gasteiger partial charge in [-0.05, 0) is 51.1 Å². The second-order valence-electron chi connectivity index (χ2n) is 5.81. The van der Waals surface area contributed by atoms with Gasteiger partial charge in [-0.2, -0.15) is 0 Å². The highest BCUT2D eigenvalue weighted by Gasteiger charge is 2.23. The van der Waals surface area contributed by atoms with Crippen LogP contribution in [0.5, 0.6) is 0 Å². The van der Waals surface area contributed by atoms with Crippen molar-refractivity contribution in [3.05, 3.63) is 0 Å². The van der Waals surface area contributed by atoms with Gasteiger partial charge in [0.1, 0.15) is 0 Å². The molecule has 0 aromatic carbocycles. The average molecular weight is 268 g/mol. The van der Waals surface area contributed by atoms with Crippen LogP contribution in [0.4, 0.5) is 0 Å². The summed E-state index contributed by atoms with van der Waals surface area (Å²) >= 11 is 0. The molecule has 2 heterocycles. The molecule has 0 radical (unpaired) electrons. The Morgan fingerprint density at radius 2 is 2.11 bits per heavy atom. The van der Waals surface area contributed by atoms with Crippen molar-refractivity contribution >= 4 is 5.91 Å². The smallest absolute Gasteiger partial charge is 0.222 e. The molecule has 4 heteroatoms. The van der Waals surface area contributed by atoms with E-state index in [0.29, 0.717) is 18.4 Å². The number of amides is 1. The molecule has 2 fully saturated rings. The molecule has 2 aliphatic heterocycles. The second kappa shape index (κ2) is 7.85. The molecule has 4 nitrogen and oxygen atoms in total. The van der Waals surface area contributed by atoms with Gasteiger partial charge in [-0.3, -0.25) is 4.79 Å². The van der Waals surface area contributed by atoms with Gasteiger partial charge < -0.3 is 15.0 Å². The van der Waals surface area contributed by atoms with Crippen LogP contribution < -0.4 is 5.32 Å². The molecule has 1 atom stereocenters. The summed E-state index contributed by atoms with van der Waals surface area (Å²) in [5.41, 5.74) is 0. The topological polar surface area (TPSA) is 41.6 Å². The second-order valence-corrected chi connectivity index (χ2v) is 5.81. The zero-order chi connectivity index (χ0) is 13.5. The molecule has 2 rings (SSSR count). The van der Waals surface area contributed by atoms with E-state index >= 15 is 0 Å². The number of hydrogen-bond acceptors (Lipinski definition) is 3. The van der Waals surface area contributed by atoms with Gasteiger partial charge in [0.05, 0.1) is 6.10 Å². The van der Waals surface area contributed by atoms with E-state index in [2.05, 4.69) is 17.1 Å². The van der Waals surface area contributed by atoms with Crippen molar-refractivity contribution in [1.82, 2.24) is 10.2 Å². The van der Waals surface area contributed by atoms with Gasteiger partial charge in [-0.1, -0.05) is 6.92 Å². The minimum absolute atomic E-state index is 0.331. The summed E-state index contributed by atoms with van der Waals surface area (Å²) in [5, 5.41) is 3.40. The van der Waals surface area contributed by atoms with Crippen molar-refractivity contribution in [1.29, 1.82) is 0 Å². The van der Waals surface area contributed by atoms with E-state index in [0.717, 1.165) is 70.8 Å². The summed E-state index contributed by atoms with van der Waals surface area (Å²) in [5.74, 6) is 1.08. The fourth-order valence-corrected chi connectivity index (χ4v) is 3.05. The number of nitrogens with zero attached hydrogens (tertiary/aromatic N) is 1. The highest BCUT2D eigenvalue weighted by molar-refractivity contribution is 5.76. The highest BCUT2D eigenvalue weighted by atomic mass is 16.5. The molecule has 110 valence electrons. The Labute approximate surface area is 116 Å². The number of likely N-dealkylation sites (tertiary alicyclic amines) is 1. The number of carbonyl (C=O) groups excluding carboxylic acids is 1. The van der Waals surface area contributed by atoms with Crippen LogP contribution in [0.25, 0.3) is 0 Å². The SMILES string of the molecule is CCNCC1CCN(C(=O)CCC2CCCO2)CC1. The Kier molecular flexibility index (Phi) is 6.11. The normalized spacial score (nSPS) is 24.9. The molecule has 2 saturated heterocycles. The van der Waals surface area contributed by atoms with Gasteiger partial charge in [0.15, 0.2) is 0 Å². The van der Waals surface area contributed by atoms with Gasteiger partial charge in [0.2, 0.25) is 5.91 Å². The van der Waals surface area contributed by atoms with E-state index in [4.69, 9.17) is 4.74 Å². The van der Waals surface area contributed by atoms with Crippen molar-refractivity contribution in [2.45, 2.75) is 51.6 Å². The molecule has 1 N–H and O–H groups in total. The third-order valence-electron chi connectivity index (χ3n) is 4.35. The molecule has 19 heavy (non-hydrogen) atoms. The maximum Gasteiger partial charge on any atom is 0.222 e. The lowest BCUT2D eigenvalue weighted by atomic mass is 9.96. The van der Waals surface area contributed by atoms with Crippen molar-refractivity contribution < 1.29 is 9.53 Å². The molecule has 1 unspecified atom stereocenters. The van der Waals surface area contributed by atoms with Gasteiger partial charge in [0, 0.05) is 26.1 Å². The predicted octanol–water partition coefficient (Wildman–Crippen LogP) is 1.79. The molecule has 0 aliphatic carbocycles. The lowest BCUT2D eigenvalue weighted by Gasteiger charge is -2.32. The number of ether oxygens (including phenoxy) is 1. The third kappa shape index (κ3) is 4.77. The lowest BCUT2D eigenvalue weighted by Crippen LogP contribution is -2.40. The minimum Gasteiger partial charge on any atom is -0.378 e. The van der Waals surface area contributed by atoms with E-state index < -0.39 is 0 Å². The fraction of sp³-hybridized carbons (Fsp3) is 0.933. The van der Waals surface area contributed by atoms with Gasteiger partial charge >= 0.3 is 0 Å². The first-order valence-electron chi connectivity index (χ1n) is 7.89. The monoisotopic (exact) mass is 268 g/mol. The molecule has 0 spiro atoms. The molecule has 1 amide bonds. The maximum atomic E-state index is 12.1. The fourth-order valence-electron chi connectivity index (χ4n) is 3.05. The largest absolute Gasteiger partial charge is 0.378 e. The van der Waals surface area contributed by atoms with Crippen LogP contribution in [0, 0.1) is 5.92 Å². The highest BCUT2D eigenvalue weighted by Crippen LogP contribution is 2.20. The summed E-state index contributed by atoms with van der Waals surface area (Å²) in [6.45, 7) is 7.06. The van der Waals surface area contributed by atoms with Crippen LogP contribution in [0.3, 0.4) is 0 Å². The van der Waals surface area contributed by atoms with E-state index in [-0.39, 0.29) is 0 Å². The number of piperidine rings is 1. The Balaban J connectivity index is 1.61. The van der Waals surface area contributed by atoms with E-state index in [1.807, 2.05) is 0 Å².